The molecule has 1 aliphatic rings. The first kappa shape index (κ1) is 11.1. The van der Waals surface area contributed by atoms with E-state index in [2.05, 4.69) is 5.32 Å². The zero-order chi connectivity index (χ0) is 12.7. The summed E-state index contributed by atoms with van der Waals surface area (Å²) in [6.07, 6.45) is 2.12. The summed E-state index contributed by atoms with van der Waals surface area (Å²) in [4.78, 5) is 11.9. The summed E-state index contributed by atoms with van der Waals surface area (Å²) in [5, 5.41) is 14.6. The van der Waals surface area contributed by atoms with Crippen molar-refractivity contribution in [2.75, 3.05) is 0 Å². The van der Waals surface area contributed by atoms with E-state index in [0.29, 0.717) is 11.6 Å². The van der Waals surface area contributed by atoms with Crippen molar-refractivity contribution in [1.82, 2.24) is 5.32 Å². The molecule has 0 aliphatic heterocycles. The minimum absolute atomic E-state index is 0.102. The van der Waals surface area contributed by atoms with Gasteiger partial charge in [0.2, 0.25) is 0 Å². The van der Waals surface area contributed by atoms with Gasteiger partial charge in [0.05, 0.1) is 0 Å². The molecule has 0 aromatic heterocycles. The Morgan fingerprint density at radius 1 is 1.28 bits per heavy atom. The predicted molar refractivity (Wildman–Crippen MR) is 70.8 cm³/mol. The number of phenols is 1. The van der Waals surface area contributed by atoms with Crippen LogP contribution in [0.2, 0.25) is 0 Å². The van der Waals surface area contributed by atoms with Crippen molar-refractivity contribution in [3.05, 3.63) is 41.5 Å². The van der Waals surface area contributed by atoms with Crippen LogP contribution in [0, 0.1) is 6.92 Å². The van der Waals surface area contributed by atoms with E-state index in [9.17, 15) is 9.90 Å². The summed E-state index contributed by atoms with van der Waals surface area (Å²) < 4.78 is 0. The molecule has 92 valence electrons. The maximum Gasteiger partial charge on any atom is 0.251 e. The number of fused-ring (bicyclic) bond motifs is 1. The standard InChI is InChI=1S/C15H15NO2/c1-9-2-3-10-7-11(8-14(17)13(10)6-9)15(18)16-12-4-5-12/h2-3,6-8,12,17H,4-5H2,1H3,(H,16,18). The molecule has 18 heavy (non-hydrogen) atoms. The molecule has 1 fully saturated rings. The number of aromatic hydroxyl groups is 1. The molecular weight excluding hydrogens is 226 g/mol. The molecule has 1 amide bonds. The van der Waals surface area contributed by atoms with Gasteiger partial charge in [-0.1, -0.05) is 17.7 Å². The molecule has 0 spiro atoms. The van der Waals surface area contributed by atoms with Crippen LogP contribution in [0.3, 0.4) is 0 Å². The maximum absolute atomic E-state index is 11.9. The first-order chi connectivity index (χ1) is 8.63. The average Bonchev–Trinajstić information content (AvgIpc) is 3.13. The number of aryl methyl sites for hydroxylation is 1. The van der Waals surface area contributed by atoms with Crippen LogP contribution in [0.4, 0.5) is 0 Å². The van der Waals surface area contributed by atoms with Gasteiger partial charge in [-0.05, 0) is 43.4 Å². The van der Waals surface area contributed by atoms with Crippen LogP contribution in [0.15, 0.2) is 30.3 Å². The Morgan fingerprint density at radius 3 is 2.78 bits per heavy atom. The molecule has 3 nitrogen and oxygen atoms in total. The second kappa shape index (κ2) is 4.02. The van der Waals surface area contributed by atoms with Crippen molar-refractivity contribution in [2.45, 2.75) is 25.8 Å². The number of rotatable bonds is 2. The van der Waals surface area contributed by atoms with Crippen LogP contribution in [0.1, 0.15) is 28.8 Å². The molecule has 1 aliphatic carbocycles. The summed E-state index contributed by atoms with van der Waals surface area (Å²) in [5.41, 5.74) is 1.61. The third-order valence-electron chi connectivity index (χ3n) is 3.26. The van der Waals surface area contributed by atoms with E-state index in [4.69, 9.17) is 0 Å². The molecular formula is C15H15NO2. The third kappa shape index (κ3) is 2.04. The molecule has 0 radical (unpaired) electrons. The van der Waals surface area contributed by atoms with E-state index in [-0.39, 0.29) is 11.7 Å². The fraction of sp³-hybridized carbons (Fsp3) is 0.267. The number of hydrogen-bond acceptors (Lipinski definition) is 2. The van der Waals surface area contributed by atoms with Gasteiger partial charge in [-0.2, -0.15) is 0 Å². The summed E-state index contributed by atoms with van der Waals surface area (Å²) in [7, 11) is 0. The highest BCUT2D eigenvalue weighted by molar-refractivity contribution is 6.01. The fourth-order valence-corrected chi connectivity index (χ4v) is 2.08. The van der Waals surface area contributed by atoms with Gasteiger partial charge in [0, 0.05) is 17.0 Å². The van der Waals surface area contributed by atoms with Crippen molar-refractivity contribution in [2.24, 2.45) is 0 Å². The summed E-state index contributed by atoms with van der Waals surface area (Å²) in [5.74, 6) is 0.0624. The first-order valence-electron chi connectivity index (χ1n) is 6.18. The second-order valence-electron chi connectivity index (χ2n) is 4.97. The van der Waals surface area contributed by atoms with Crippen LogP contribution >= 0.6 is 0 Å². The highest BCUT2D eigenvalue weighted by atomic mass is 16.3. The molecule has 3 rings (SSSR count). The number of hydrogen-bond donors (Lipinski definition) is 2. The molecule has 0 atom stereocenters. The molecule has 3 heteroatoms. The molecule has 0 bridgehead atoms. The summed E-state index contributed by atoms with van der Waals surface area (Å²) in [6, 6.07) is 9.52. The summed E-state index contributed by atoms with van der Waals surface area (Å²) >= 11 is 0. The average molecular weight is 241 g/mol. The minimum Gasteiger partial charge on any atom is -0.507 e. The quantitative estimate of drug-likeness (QED) is 0.849. The topological polar surface area (TPSA) is 49.3 Å². The number of carbonyl (C=O) groups is 1. The SMILES string of the molecule is Cc1ccc2cc(C(=O)NC3CC3)cc(O)c2c1. The smallest absolute Gasteiger partial charge is 0.251 e. The van der Waals surface area contributed by atoms with E-state index in [1.54, 1.807) is 6.07 Å². The van der Waals surface area contributed by atoms with Crippen LogP contribution in [-0.4, -0.2) is 17.1 Å². The Balaban J connectivity index is 2.03. The number of amides is 1. The zero-order valence-electron chi connectivity index (χ0n) is 10.2. The Hall–Kier alpha value is -2.03. The van der Waals surface area contributed by atoms with E-state index in [1.165, 1.54) is 0 Å². The number of phenolic OH excluding ortho intramolecular Hbond substituents is 1. The maximum atomic E-state index is 11.9. The zero-order valence-corrected chi connectivity index (χ0v) is 10.2. The van der Waals surface area contributed by atoms with Gasteiger partial charge in [0.15, 0.2) is 0 Å². The van der Waals surface area contributed by atoms with E-state index in [0.717, 1.165) is 29.2 Å². The van der Waals surface area contributed by atoms with Crippen LogP contribution < -0.4 is 5.32 Å². The molecule has 1 saturated carbocycles. The van der Waals surface area contributed by atoms with Crippen molar-refractivity contribution >= 4 is 16.7 Å². The molecule has 2 aromatic carbocycles. The molecule has 2 N–H and O–H groups in total. The van der Waals surface area contributed by atoms with Gasteiger partial charge in [-0.3, -0.25) is 4.79 Å². The molecule has 2 aromatic rings. The Kier molecular flexibility index (Phi) is 2.47. The number of benzene rings is 2. The van der Waals surface area contributed by atoms with Gasteiger partial charge < -0.3 is 10.4 Å². The van der Waals surface area contributed by atoms with Crippen molar-refractivity contribution < 1.29 is 9.90 Å². The van der Waals surface area contributed by atoms with Gasteiger partial charge in [0.25, 0.3) is 5.91 Å². The molecule has 0 saturated heterocycles. The number of nitrogens with one attached hydrogen (secondary N) is 1. The van der Waals surface area contributed by atoms with E-state index < -0.39 is 0 Å². The van der Waals surface area contributed by atoms with Gasteiger partial charge >= 0.3 is 0 Å². The molecule has 0 heterocycles. The largest absolute Gasteiger partial charge is 0.507 e. The minimum atomic E-state index is -0.102. The van der Waals surface area contributed by atoms with E-state index >= 15 is 0 Å². The van der Waals surface area contributed by atoms with Crippen LogP contribution in [0.5, 0.6) is 5.75 Å². The lowest BCUT2D eigenvalue weighted by Gasteiger charge is -2.07. The highest BCUT2D eigenvalue weighted by Crippen LogP contribution is 2.28. The Labute approximate surface area is 105 Å². The molecule has 0 unspecified atom stereocenters. The van der Waals surface area contributed by atoms with Crippen molar-refractivity contribution in [3.63, 3.8) is 0 Å². The fourth-order valence-electron chi connectivity index (χ4n) is 2.08. The van der Waals surface area contributed by atoms with Gasteiger partial charge in [-0.25, -0.2) is 0 Å². The lowest BCUT2D eigenvalue weighted by Crippen LogP contribution is -2.25. The third-order valence-corrected chi connectivity index (χ3v) is 3.26. The highest BCUT2D eigenvalue weighted by Gasteiger charge is 2.24. The first-order valence-corrected chi connectivity index (χ1v) is 6.18. The Bertz CT molecular complexity index is 630. The van der Waals surface area contributed by atoms with Crippen molar-refractivity contribution in [3.8, 4) is 5.75 Å². The van der Waals surface area contributed by atoms with Crippen molar-refractivity contribution in [1.29, 1.82) is 0 Å². The van der Waals surface area contributed by atoms with Crippen LogP contribution in [0.25, 0.3) is 10.8 Å². The van der Waals surface area contributed by atoms with E-state index in [1.807, 2.05) is 31.2 Å². The predicted octanol–water partition coefficient (Wildman–Crippen LogP) is 2.75. The second-order valence-corrected chi connectivity index (χ2v) is 4.97. The monoisotopic (exact) mass is 241 g/mol. The van der Waals surface area contributed by atoms with Crippen LogP contribution in [-0.2, 0) is 0 Å². The lowest BCUT2D eigenvalue weighted by atomic mass is 10.0. The Morgan fingerprint density at radius 2 is 2.06 bits per heavy atom. The normalized spacial score (nSPS) is 14.7. The summed E-state index contributed by atoms with van der Waals surface area (Å²) in [6.45, 7) is 1.98. The van der Waals surface area contributed by atoms with Gasteiger partial charge in [-0.15, -0.1) is 0 Å². The number of carbonyl (C=O) groups excluding carboxylic acids is 1. The lowest BCUT2D eigenvalue weighted by molar-refractivity contribution is 0.0951. The van der Waals surface area contributed by atoms with Gasteiger partial charge in [0.1, 0.15) is 5.75 Å².